The van der Waals surface area contributed by atoms with Crippen LogP contribution in [0, 0.1) is 0 Å². The van der Waals surface area contributed by atoms with Crippen molar-refractivity contribution in [1.29, 1.82) is 0 Å². The molecule has 1 fully saturated rings. The monoisotopic (exact) mass is 265 g/mol. The van der Waals surface area contributed by atoms with Crippen LogP contribution in [0.15, 0.2) is 18.5 Å². The van der Waals surface area contributed by atoms with Crippen LogP contribution in [0.2, 0.25) is 0 Å². The average Bonchev–Trinajstić information content (AvgIpc) is 2.40. The predicted molar refractivity (Wildman–Crippen MR) is 70.5 cm³/mol. The fraction of sp³-hybridized carbons (Fsp3) is 0.583. The molecule has 104 valence electrons. The Morgan fingerprint density at radius 2 is 2.37 bits per heavy atom. The Labute approximate surface area is 112 Å². The number of hydrogen-bond donors (Lipinski definition) is 2. The maximum atomic E-state index is 11.9. The molecule has 0 aromatic carbocycles. The Hall–Kier alpha value is -1.57. The summed E-state index contributed by atoms with van der Waals surface area (Å²) in [7, 11) is 0. The van der Waals surface area contributed by atoms with Gasteiger partial charge in [-0.25, -0.2) is 9.97 Å². The van der Waals surface area contributed by atoms with Crippen LogP contribution in [0.3, 0.4) is 0 Å². The molecule has 0 spiro atoms. The highest BCUT2D eigenvalue weighted by atomic mass is 16.5. The number of hydrogen-bond acceptors (Lipinski definition) is 6. The third-order valence-electron chi connectivity index (χ3n) is 2.95. The molecule has 1 aromatic rings. The van der Waals surface area contributed by atoms with E-state index in [-0.39, 0.29) is 18.1 Å². The number of aromatic nitrogens is 2. The quantitative estimate of drug-likeness (QED) is 0.759. The normalized spacial score (nSPS) is 21.9. The number of carbonyl (C=O) groups excluding carboxylic acids is 1. The van der Waals surface area contributed by atoms with Crippen LogP contribution in [-0.2, 0) is 9.53 Å². The maximum absolute atomic E-state index is 11.9. The first-order valence-corrected chi connectivity index (χ1v) is 6.31. The molecule has 0 aliphatic carbocycles. The van der Waals surface area contributed by atoms with Crippen LogP contribution < -0.4 is 11.1 Å². The minimum absolute atomic E-state index is 0.0190. The van der Waals surface area contributed by atoms with E-state index >= 15 is 0 Å². The smallest absolute Gasteiger partial charge is 0.240 e. The zero-order chi connectivity index (χ0) is 13.7. The molecule has 2 atom stereocenters. The van der Waals surface area contributed by atoms with Crippen molar-refractivity contribution in [3.8, 4) is 0 Å². The number of ether oxygens (including phenoxy) is 1. The third-order valence-corrected chi connectivity index (χ3v) is 2.95. The van der Waals surface area contributed by atoms with Crippen molar-refractivity contribution >= 4 is 11.9 Å². The van der Waals surface area contributed by atoms with Gasteiger partial charge in [0, 0.05) is 31.5 Å². The van der Waals surface area contributed by atoms with E-state index in [0.717, 1.165) is 6.54 Å². The molecule has 0 radical (unpaired) electrons. The van der Waals surface area contributed by atoms with Gasteiger partial charge in [0.05, 0.1) is 19.3 Å². The van der Waals surface area contributed by atoms with Crippen molar-refractivity contribution in [3.05, 3.63) is 18.5 Å². The van der Waals surface area contributed by atoms with Gasteiger partial charge in [0.2, 0.25) is 11.9 Å². The minimum Gasteiger partial charge on any atom is -0.374 e. The molecule has 1 aliphatic rings. The lowest BCUT2D eigenvalue weighted by molar-refractivity contribution is -0.119. The molecule has 1 aromatic heterocycles. The van der Waals surface area contributed by atoms with E-state index in [1.807, 2.05) is 11.8 Å². The van der Waals surface area contributed by atoms with Gasteiger partial charge in [-0.3, -0.25) is 15.0 Å². The van der Waals surface area contributed by atoms with Crippen molar-refractivity contribution in [2.75, 3.05) is 31.6 Å². The highest BCUT2D eigenvalue weighted by Gasteiger charge is 2.24. The van der Waals surface area contributed by atoms with Gasteiger partial charge in [-0.15, -0.1) is 0 Å². The molecule has 0 bridgehead atoms. The summed E-state index contributed by atoms with van der Waals surface area (Å²) in [5.74, 6) is 0.195. The number of amides is 1. The minimum atomic E-state index is -0.128. The highest BCUT2D eigenvalue weighted by molar-refractivity contribution is 5.90. The van der Waals surface area contributed by atoms with E-state index in [2.05, 4.69) is 15.3 Å². The maximum Gasteiger partial charge on any atom is 0.240 e. The lowest BCUT2D eigenvalue weighted by Crippen LogP contribution is -2.51. The molecular weight excluding hydrogens is 246 g/mol. The van der Waals surface area contributed by atoms with Crippen molar-refractivity contribution in [2.24, 2.45) is 5.73 Å². The largest absolute Gasteiger partial charge is 0.374 e. The van der Waals surface area contributed by atoms with Crippen molar-refractivity contribution in [2.45, 2.75) is 19.1 Å². The lowest BCUT2D eigenvalue weighted by Gasteiger charge is -2.34. The van der Waals surface area contributed by atoms with Gasteiger partial charge in [-0.05, 0) is 13.0 Å². The SMILES string of the molecule is CC(N)C1CN(CC(=O)Nc2ncccn2)CCO1. The number of anilines is 1. The molecular formula is C12H19N5O2. The van der Waals surface area contributed by atoms with Crippen LogP contribution in [0.5, 0.6) is 0 Å². The molecule has 2 unspecified atom stereocenters. The Morgan fingerprint density at radius 1 is 1.63 bits per heavy atom. The summed E-state index contributed by atoms with van der Waals surface area (Å²) in [5, 5.41) is 2.66. The van der Waals surface area contributed by atoms with Crippen LogP contribution in [0.4, 0.5) is 5.95 Å². The van der Waals surface area contributed by atoms with Crippen LogP contribution in [-0.4, -0.2) is 59.2 Å². The highest BCUT2D eigenvalue weighted by Crippen LogP contribution is 2.07. The topological polar surface area (TPSA) is 93.4 Å². The first kappa shape index (κ1) is 13.9. The van der Waals surface area contributed by atoms with Crippen LogP contribution >= 0.6 is 0 Å². The molecule has 7 heteroatoms. The van der Waals surface area contributed by atoms with Gasteiger partial charge in [0.25, 0.3) is 0 Å². The van der Waals surface area contributed by atoms with Gasteiger partial charge < -0.3 is 10.5 Å². The zero-order valence-corrected chi connectivity index (χ0v) is 11.0. The lowest BCUT2D eigenvalue weighted by atomic mass is 10.1. The summed E-state index contributed by atoms with van der Waals surface area (Å²) in [5.41, 5.74) is 5.81. The molecule has 1 amide bonds. The molecule has 2 rings (SSSR count). The van der Waals surface area contributed by atoms with Gasteiger partial charge in [0.1, 0.15) is 0 Å². The fourth-order valence-electron chi connectivity index (χ4n) is 1.92. The first-order chi connectivity index (χ1) is 9.15. The van der Waals surface area contributed by atoms with Crippen molar-refractivity contribution in [1.82, 2.24) is 14.9 Å². The second kappa shape index (κ2) is 6.55. The molecule has 1 saturated heterocycles. The third kappa shape index (κ3) is 4.23. The molecule has 0 saturated carbocycles. The van der Waals surface area contributed by atoms with E-state index in [4.69, 9.17) is 10.5 Å². The molecule has 3 N–H and O–H groups in total. The zero-order valence-electron chi connectivity index (χ0n) is 11.0. The number of nitrogens with one attached hydrogen (secondary N) is 1. The summed E-state index contributed by atoms with van der Waals surface area (Å²) in [6, 6.07) is 1.66. The van der Waals surface area contributed by atoms with E-state index in [9.17, 15) is 4.79 Å². The molecule has 1 aliphatic heterocycles. The number of nitrogens with two attached hydrogens (primary N) is 1. The Kier molecular flexibility index (Phi) is 4.78. The number of carbonyl (C=O) groups is 1. The first-order valence-electron chi connectivity index (χ1n) is 6.31. The fourth-order valence-corrected chi connectivity index (χ4v) is 1.92. The van der Waals surface area contributed by atoms with Crippen molar-refractivity contribution < 1.29 is 9.53 Å². The summed E-state index contributed by atoms with van der Waals surface area (Å²) >= 11 is 0. The molecule has 19 heavy (non-hydrogen) atoms. The Morgan fingerprint density at radius 3 is 3.05 bits per heavy atom. The number of nitrogens with zero attached hydrogens (tertiary/aromatic N) is 3. The molecule has 7 nitrogen and oxygen atoms in total. The van der Waals surface area contributed by atoms with Gasteiger partial charge >= 0.3 is 0 Å². The van der Waals surface area contributed by atoms with E-state index in [0.29, 0.717) is 25.6 Å². The van der Waals surface area contributed by atoms with Crippen LogP contribution in [0.25, 0.3) is 0 Å². The summed E-state index contributed by atoms with van der Waals surface area (Å²) in [6.07, 6.45) is 3.15. The van der Waals surface area contributed by atoms with E-state index < -0.39 is 0 Å². The second-order valence-electron chi connectivity index (χ2n) is 4.62. The second-order valence-corrected chi connectivity index (χ2v) is 4.62. The summed E-state index contributed by atoms with van der Waals surface area (Å²) in [6.45, 7) is 4.20. The van der Waals surface area contributed by atoms with Gasteiger partial charge in [-0.2, -0.15) is 0 Å². The van der Waals surface area contributed by atoms with Gasteiger partial charge in [0.15, 0.2) is 0 Å². The Balaban J connectivity index is 1.82. The predicted octanol–water partition coefficient (Wildman–Crippen LogP) is -0.537. The summed E-state index contributed by atoms with van der Waals surface area (Å²) < 4.78 is 5.55. The molecule has 2 heterocycles. The van der Waals surface area contributed by atoms with Crippen LogP contribution in [0.1, 0.15) is 6.92 Å². The average molecular weight is 265 g/mol. The Bertz CT molecular complexity index is 412. The van der Waals surface area contributed by atoms with Gasteiger partial charge in [-0.1, -0.05) is 0 Å². The van der Waals surface area contributed by atoms with E-state index in [1.54, 1.807) is 18.5 Å². The number of rotatable bonds is 4. The van der Waals surface area contributed by atoms with Crippen molar-refractivity contribution in [3.63, 3.8) is 0 Å². The standard InChI is InChI=1S/C12H19N5O2/c1-9(13)10-7-17(5-6-19-10)8-11(18)16-12-14-3-2-4-15-12/h2-4,9-10H,5-8,13H2,1H3,(H,14,15,16,18). The number of morpholine rings is 1. The summed E-state index contributed by atoms with van der Waals surface area (Å²) in [4.78, 5) is 21.8. The van der Waals surface area contributed by atoms with E-state index in [1.165, 1.54) is 0 Å².